The van der Waals surface area contributed by atoms with Crippen molar-refractivity contribution in [2.45, 2.75) is 27.4 Å². The smallest absolute Gasteiger partial charge is 0.347 e. The quantitative estimate of drug-likeness (QED) is 0.313. The Bertz CT molecular complexity index is 1190. The van der Waals surface area contributed by atoms with E-state index in [1.165, 1.54) is 21.0 Å². The van der Waals surface area contributed by atoms with Gasteiger partial charge in [0.05, 0.1) is 11.6 Å². The van der Waals surface area contributed by atoms with Crippen LogP contribution >= 0.6 is 15.9 Å². The summed E-state index contributed by atoms with van der Waals surface area (Å²) in [7, 11) is 1.44. The lowest BCUT2D eigenvalue weighted by molar-refractivity contribution is 0.0692. The molecule has 0 heterocycles. The van der Waals surface area contributed by atoms with E-state index in [1.807, 2.05) is 30.3 Å². The van der Waals surface area contributed by atoms with Gasteiger partial charge in [0, 0.05) is 11.6 Å². The number of esters is 1. The van der Waals surface area contributed by atoms with Crippen molar-refractivity contribution in [1.29, 1.82) is 0 Å². The van der Waals surface area contributed by atoms with Gasteiger partial charge in [0.2, 0.25) is 0 Å². The van der Waals surface area contributed by atoms with E-state index < -0.39 is 17.7 Å². The van der Waals surface area contributed by atoms with Crippen molar-refractivity contribution in [2.75, 3.05) is 7.11 Å². The molecule has 3 aromatic carbocycles. The molecule has 0 saturated carbocycles. The van der Waals surface area contributed by atoms with Gasteiger partial charge in [-0.2, -0.15) is 0 Å². The van der Waals surface area contributed by atoms with E-state index in [4.69, 9.17) is 14.2 Å². The predicted octanol–water partition coefficient (Wildman–Crippen LogP) is 5.58. The van der Waals surface area contributed by atoms with Crippen molar-refractivity contribution in [3.63, 3.8) is 0 Å². The first kappa shape index (κ1) is 24.1. The largest absolute Gasteiger partial charge is 0.507 e. The molecule has 0 aromatic heterocycles. The third-order valence-corrected chi connectivity index (χ3v) is 6.14. The van der Waals surface area contributed by atoms with E-state index in [2.05, 4.69) is 15.9 Å². The zero-order chi connectivity index (χ0) is 24.3. The molecule has 3 rings (SSSR count). The summed E-state index contributed by atoms with van der Waals surface area (Å²) in [6.07, 6.45) is 0. The maximum absolute atomic E-state index is 13.1. The fourth-order valence-electron chi connectivity index (χ4n) is 3.41. The second-order valence-electron chi connectivity index (χ2n) is 7.40. The number of aromatic hydroxyl groups is 1. The minimum Gasteiger partial charge on any atom is -0.507 e. The molecule has 0 saturated heterocycles. The van der Waals surface area contributed by atoms with Crippen LogP contribution in [0.5, 0.6) is 23.0 Å². The summed E-state index contributed by atoms with van der Waals surface area (Å²) in [4.78, 5) is 24.6. The summed E-state index contributed by atoms with van der Waals surface area (Å²) in [5.74, 6) is -1.63. The van der Waals surface area contributed by atoms with Crippen molar-refractivity contribution in [3.8, 4) is 23.0 Å². The molecule has 0 radical (unpaired) electrons. The summed E-state index contributed by atoms with van der Waals surface area (Å²) in [6, 6.07) is 13.0. The first-order chi connectivity index (χ1) is 15.6. The van der Waals surface area contributed by atoms with E-state index in [9.17, 15) is 19.8 Å². The summed E-state index contributed by atoms with van der Waals surface area (Å²) in [5.41, 5.74) is 1.86. The number of hydrogen-bond acceptors (Lipinski definition) is 6. The molecule has 0 aliphatic heterocycles. The van der Waals surface area contributed by atoms with Crippen LogP contribution < -0.4 is 14.2 Å². The Labute approximate surface area is 199 Å². The van der Waals surface area contributed by atoms with Gasteiger partial charge in [0.15, 0.2) is 5.75 Å². The number of carbonyl (C=O) groups excluding carboxylic acids is 1. The van der Waals surface area contributed by atoms with Crippen molar-refractivity contribution in [3.05, 3.63) is 80.3 Å². The molecule has 0 unspecified atom stereocenters. The van der Waals surface area contributed by atoms with Crippen LogP contribution in [0.3, 0.4) is 0 Å². The average Bonchev–Trinajstić information content (AvgIpc) is 2.79. The first-order valence-corrected chi connectivity index (χ1v) is 10.8. The van der Waals surface area contributed by atoms with Gasteiger partial charge in [-0.1, -0.05) is 30.3 Å². The Morgan fingerprint density at radius 2 is 1.67 bits per heavy atom. The lowest BCUT2D eigenvalue weighted by atomic mass is 10.0. The number of ether oxygens (including phenoxy) is 3. The molecule has 0 fully saturated rings. The second kappa shape index (κ2) is 9.95. The highest BCUT2D eigenvalue weighted by Crippen LogP contribution is 2.42. The zero-order valence-electron chi connectivity index (χ0n) is 18.6. The van der Waals surface area contributed by atoms with Gasteiger partial charge in [-0.05, 0) is 59.5 Å². The van der Waals surface area contributed by atoms with E-state index in [0.717, 1.165) is 5.56 Å². The number of carboxylic acid groups (broad SMARTS) is 1. The fraction of sp³-hybridized carbons (Fsp3) is 0.200. The van der Waals surface area contributed by atoms with Gasteiger partial charge < -0.3 is 24.4 Å². The third kappa shape index (κ3) is 4.96. The van der Waals surface area contributed by atoms with Crippen LogP contribution in [0, 0.1) is 20.8 Å². The van der Waals surface area contributed by atoms with Crippen LogP contribution in [0.2, 0.25) is 0 Å². The number of carbonyl (C=O) groups is 2. The molecule has 7 nitrogen and oxygen atoms in total. The Morgan fingerprint density at radius 3 is 2.27 bits per heavy atom. The fourth-order valence-corrected chi connectivity index (χ4v) is 3.99. The number of carboxylic acids is 1. The monoisotopic (exact) mass is 514 g/mol. The molecule has 0 spiro atoms. The molecule has 0 aliphatic carbocycles. The van der Waals surface area contributed by atoms with Crippen LogP contribution in [-0.2, 0) is 6.61 Å². The van der Waals surface area contributed by atoms with Crippen molar-refractivity contribution < 1.29 is 34.0 Å². The Morgan fingerprint density at radius 1 is 1.00 bits per heavy atom. The molecule has 33 heavy (non-hydrogen) atoms. The highest BCUT2D eigenvalue weighted by atomic mass is 79.9. The van der Waals surface area contributed by atoms with Crippen molar-refractivity contribution in [2.24, 2.45) is 0 Å². The molecule has 2 N–H and O–H groups in total. The molecule has 3 aromatic rings. The lowest BCUT2D eigenvalue weighted by Crippen LogP contribution is -2.14. The van der Waals surface area contributed by atoms with Crippen LogP contribution in [-0.4, -0.2) is 29.3 Å². The van der Waals surface area contributed by atoms with Gasteiger partial charge in [-0.15, -0.1) is 0 Å². The highest BCUT2D eigenvalue weighted by Gasteiger charge is 2.27. The molecule has 0 bridgehead atoms. The van der Waals surface area contributed by atoms with Crippen molar-refractivity contribution in [1.82, 2.24) is 0 Å². The number of hydrogen-bond donors (Lipinski definition) is 2. The second-order valence-corrected chi connectivity index (χ2v) is 8.20. The predicted molar refractivity (Wildman–Crippen MR) is 126 cm³/mol. The normalized spacial score (nSPS) is 10.6. The Hall–Kier alpha value is -3.52. The number of phenols is 1. The third-order valence-electron chi connectivity index (χ3n) is 5.19. The Balaban J connectivity index is 1.92. The average molecular weight is 515 g/mol. The van der Waals surface area contributed by atoms with Gasteiger partial charge in [0.25, 0.3) is 0 Å². The Kier molecular flexibility index (Phi) is 7.28. The number of rotatable bonds is 7. The topological polar surface area (TPSA) is 102 Å². The standard InChI is InChI=1S/C25H23BrO7/c1-13-10-17(32-12-16-8-6-5-7-9-16)11-18(31-4)19(13)25(30)33-23-15(3)22(27)20(24(28)29)14(2)21(23)26/h5-11,27H,12H2,1-4H3,(H,28,29). The van der Waals surface area contributed by atoms with Crippen LogP contribution in [0.25, 0.3) is 0 Å². The van der Waals surface area contributed by atoms with E-state index in [-0.39, 0.29) is 38.2 Å². The van der Waals surface area contributed by atoms with Gasteiger partial charge in [-0.3, -0.25) is 0 Å². The molecule has 0 aliphatic rings. The minimum atomic E-state index is -1.28. The summed E-state index contributed by atoms with van der Waals surface area (Å²) in [5, 5.41) is 19.7. The summed E-state index contributed by atoms with van der Waals surface area (Å²) >= 11 is 3.29. The maximum Gasteiger partial charge on any atom is 0.347 e. The first-order valence-electron chi connectivity index (χ1n) is 9.98. The van der Waals surface area contributed by atoms with Crippen LogP contribution in [0.15, 0.2) is 46.9 Å². The van der Waals surface area contributed by atoms with Gasteiger partial charge >= 0.3 is 11.9 Å². The molecule has 172 valence electrons. The molecular weight excluding hydrogens is 492 g/mol. The van der Waals surface area contributed by atoms with Crippen molar-refractivity contribution >= 4 is 27.9 Å². The number of aryl methyl sites for hydroxylation is 1. The van der Waals surface area contributed by atoms with E-state index in [0.29, 0.717) is 17.9 Å². The SMILES string of the molecule is COc1cc(OCc2ccccc2)cc(C)c1C(=O)Oc1c(C)c(O)c(C(=O)O)c(C)c1Br. The van der Waals surface area contributed by atoms with Crippen LogP contribution in [0.4, 0.5) is 0 Å². The number of aromatic carboxylic acids is 1. The van der Waals surface area contributed by atoms with Gasteiger partial charge in [-0.25, -0.2) is 9.59 Å². The molecular formula is C25H23BrO7. The maximum atomic E-state index is 13.1. The summed E-state index contributed by atoms with van der Waals surface area (Å²) < 4.78 is 17.1. The number of benzene rings is 3. The lowest BCUT2D eigenvalue weighted by Gasteiger charge is -2.18. The highest BCUT2D eigenvalue weighted by molar-refractivity contribution is 9.10. The van der Waals surface area contributed by atoms with Gasteiger partial charge in [0.1, 0.15) is 35.0 Å². The summed E-state index contributed by atoms with van der Waals surface area (Å²) in [6.45, 7) is 5.06. The number of methoxy groups -OCH3 is 1. The van der Waals surface area contributed by atoms with E-state index >= 15 is 0 Å². The molecule has 0 atom stereocenters. The minimum absolute atomic E-state index is 0.0332. The number of halogens is 1. The zero-order valence-corrected chi connectivity index (χ0v) is 20.1. The molecule has 0 amide bonds. The van der Waals surface area contributed by atoms with E-state index in [1.54, 1.807) is 19.1 Å². The van der Waals surface area contributed by atoms with Crippen LogP contribution in [0.1, 0.15) is 43.0 Å². The molecule has 8 heteroatoms.